The summed E-state index contributed by atoms with van der Waals surface area (Å²) in [6, 6.07) is 0. The van der Waals surface area contributed by atoms with Crippen LogP contribution in [0.1, 0.15) is 6.42 Å². The Labute approximate surface area is 55.6 Å². The number of halogens is 4. The van der Waals surface area contributed by atoms with Crippen LogP contribution < -0.4 is 0 Å². The summed E-state index contributed by atoms with van der Waals surface area (Å²) in [4.78, 5) is 0. The van der Waals surface area contributed by atoms with E-state index in [0.29, 0.717) is 0 Å². The lowest BCUT2D eigenvalue weighted by molar-refractivity contribution is -0.0366. The Morgan fingerprint density at radius 2 is 1.30 bits per heavy atom. The highest BCUT2D eigenvalue weighted by atomic mass is 19.5. The summed E-state index contributed by atoms with van der Waals surface area (Å²) < 4.78 is 39.0. The first-order valence-corrected chi connectivity index (χ1v) is 2.30. The molecule has 0 saturated carbocycles. The van der Waals surface area contributed by atoms with Crippen molar-refractivity contribution in [3.05, 3.63) is 6.92 Å². The average Bonchev–Trinajstić information content (AvgIpc) is 1.61. The van der Waals surface area contributed by atoms with Crippen LogP contribution in [-0.4, -0.2) is 23.8 Å². The highest BCUT2D eigenvalue weighted by Gasteiger charge is 2.20. The molecule has 2 N–H and O–H groups in total. The van der Waals surface area contributed by atoms with Gasteiger partial charge < -0.3 is 27.5 Å². The van der Waals surface area contributed by atoms with Crippen molar-refractivity contribution >= 4 is 7.25 Å². The van der Waals surface area contributed by atoms with Crippen molar-refractivity contribution in [2.45, 2.75) is 12.7 Å². The molecule has 0 spiro atoms. The predicted octanol–water partition coefficient (Wildman–Crippen LogP) is 0.821. The molecule has 0 amide bonds. The number of rotatable bonds is 1. The highest BCUT2D eigenvalue weighted by Crippen LogP contribution is 2.06. The molecular weight excluding hydrogens is 155 g/mol. The summed E-state index contributed by atoms with van der Waals surface area (Å²) in [7, 11) is -6.00. The Morgan fingerprint density at radius 3 is 1.30 bits per heavy atom. The van der Waals surface area contributed by atoms with Gasteiger partial charge in [-0.05, 0) is 13.3 Å². The average molecular weight is 162 g/mol. The fraction of sp³-hybridized carbons (Fsp3) is 0.667. The Morgan fingerprint density at radius 1 is 1.20 bits per heavy atom. The molecule has 0 aromatic carbocycles. The predicted molar refractivity (Wildman–Crippen MR) is 28.4 cm³/mol. The molecule has 0 aromatic heterocycles. The van der Waals surface area contributed by atoms with Crippen LogP contribution in [0.3, 0.4) is 0 Å². The number of aliphatic hydroxyl groups is 2. The molecule has 7 heteroatoms. The monoisotopic (exact) mass is 162 g/mol. The maximum Gasteiger partial charge on any atom is 0.673 e. The van der Waals surface area contributed by atoms with Gasteiger partial charge in [0.2, 0.25) is 0 Å². The number of hydrogen-bond acceptors (Lipinski definition) is 2. The number of hydrogen-bond donors (Lipinski definition) is 2. The molecule has 0 bridgehead atoms. The SMILES string of the molecule is F[B-](F)(F)F.[CH2]CC(O)O. The molecule has 0 aliphatic rings. The van der Waals surface area contributed by atoms with Gasteiger partial charge in [0.25, 0.3) is 0 Å². The molecule has 0 rings (SSSR count). The van der Waals surface area contributed by atoms with Crippen molar-refractivity contribution in [3.63, 3.8) is 0 Å². The molecule has 0 heterocycles. The first kappa shape index (κ1) is 12.4. The van der Waals surface area contributed by atoms with Crippen LogP contribution in [0.4, 0.5) is 17.3 Å². The van der Waals surface area contributed by atoms with E-state index in [0.717, 1.165) is 0 Å². The van der Waals surface area contributed by atoms with E-state index in [1.165, 1.54) is 0 Å². The van der Waals surface area contributed by atoms with Gasteiger partial charge in [-0.1, -0.05) is 0 Å². The fourth-order valence-corrected chi connectivity index (χ4v) is 0. The van der Waals surface area contributed by atoms with Crippen LogP contribution in [0.15, 0.2) is 0 Å². The molecule has 0 atom stereocenters. The van der Waals surface area contributed by atoms with Crippen molar-refractivity contribution in [1.82, 2.24) is 0 Å². The quantitative estimate of drug-likeness (QED) is 0.340. The molecule has 10 heavy (non-hydrogen) atoms. The summed E-state index contributed by atoms with van der Waals surface area (Å²) in [5, 5.41) is 15.7. The van der Waals surface area contributed by atoms with E-state index < -0.39 is 13.5 Å². The van der Waals surface area contributed by atoms with Gasteiger partial charge in [-0.25, -0.2) is 0 Å². The van der Waals surface area contributed by atoms with Crippen LogP contribution in [0, 0.1) is 6.92 Å². The lowest BCUT2D eigenvalue weighted by atomic mass is 10.3. The van der Waals surface area contributed by atoms with Crippen molar-refractivity contribution in [1.29, 1.82) is 0 Å². The summed E-state index contributed by atoms with van der Waals surface area (Å²) in [6.07, 6.45) is -1.06. The Kier molecular flexibility index (Phi) is 6.80. The molecule has 2 nitrogen and oxygen atoms in total. The van der Waals surface area contributed by atoms with Crippen molar-refractivity contribution in [2.24, 2.45) is 0 Å². The normalized spacial score (nSPS) is 10.8. The summed E-state index contributed by atoms with van der Waals surface area (Å²) in [5.41, 5.74) is 0. The van der Waals surface area contributed by atoms with Crippen molar-refractivity contribution < 1.29 is 27.5 Å². The lowest BCUT2D eigenvalue weighted by Crippen LogP contribution is -2.02. The van der Waals surface area contributed by atoms with Crippen LogP contribution in [-0.2, 0) is 0 Å². The van der Waals surface area contributed by atoms with Gasteiger partial charge in [-0.2, -0.15) is 0 Å². The standard InChI is InChI=1S/C3H7O2.BF4/c1-2-3(4)5;2-1(3,4)5/h3-5H,1-2H2;/q;-1. The van der Waals surface area contributed by atoms with Gasteiger partial charge in [0.1, 0.15) is 0 Å². The molecule has 63 valence electrons. The minimum atomic E-state index is -6.00. The third kappa shape index (κ3) is 119. The van der Waals surface area contributed by atoms with Crippen LogP contribution >= 0.6 is 0 Å². The van der Waals surface area contributed by atoms with Gasteiger partial charge in [0.05, 0.1) is 0 Å². The first-order valence-electron chi connectivity index (χ1n) is 2.30. The molecule has 1 radical (unpaired) electrons. The van der Waals surface area contributed by atoms with E-state index in [9.17, 15) is 17.3 Å². The Hall–Kier alpha value is -0.295. The van der Waals surface area contributed by atoms with Gasteiger partial charge in [-0.15, -0.1) is 0 Å². The zero-order valence-corrected chi connectivity index (χ0v) is 4.98. The topological polar surface area (TPSA) is 40.5 Å². The fourth-order valence-electron chi connectivity index (χ4n) is 0. The second-order valence-electron chi connectivity index (χ2n) is 1.26. The van der Waals surface area contributed by atoms with E-state index in [2.05, 4.69) is 6.92 Å². The molecular formula is C3H7BF4O2-. The molecule has 0 saturated heterocycles. The number of aliphatic hydroxyl groups excluding tert-OH is 1. The molecule has 0 aromatic rings. The lowest BCUT2D eigenvalue weighted by Gasteiger charge is -1.94. The largest absolute Gasteiger partial charge is 0.673 e. The van der Waals surface area contributed by atoms with E-state index in [-0.39, 0.29) is 6.42 Å². The summed E-state index contributed by atoms with van der Waals surface area (Å²) in [6.45, 7) is 3.19. The molecule has 0 fully saturated rings. The molecule has 0 aliphatic carbocycles. The smallest absolute Gasteiger partial charge is 0.418 e. The van der Waals surface area contributed by atoms with Crippen LogP contribution in [0.2, 0.25) is 0 Å². The second kappa shape index (κ2) is 5.49. The summed E-state index contributed by atoms with van der Waals surface area (Å²) >= 11 is 0. The zero-order valence-electron chi connectivity index (χ0n) is 4.98. The van der Waals surface area contributed by atoms with E-state index in [4.69, 9.17) is 10.2 Å². The van der Waals surface area contributed by atoms with Gasteiger partial charge in [-0.3, -0.25) is 0 Å². The minimum Gasteiger partial charge on any atom is -0.418 e. The van der Waals surface area contributed by atoms with Crippen molar-refractivity contribution in [3.8, 4) is 0 Å². The van der Waals surface area contributed by atoms with Gasteiger partial charge in [0.15, 0.2) is 6.29 Å². The van der Waals surface area contributed by atoms with Crippen molar-refractivity contribution in [2.75, 3.05) is 0 Å². The highest BCUT2D eigenvalue weighted by molar-refractivity contribution is 6.50. The van der Waals surface area contributed by atoms with E-state index >= 15 is 0 Å². The van der Waals surface area contributed by atoms with E-state index in [1.54, 1.807) is 0 Å². The van der Waals surface area contributed by atoms with E-state index in [1.807, 2.05) is 0 Å². The third-order valence-electron chi connectivity index (χ3n) is 0.258. The second-order valence-corrected chi connectivity index (χ2v) is 1.26. The molecule has 0 unspecified atom stereocenters. The third-order valence-corrected chi connectivity index (χ3v) is 0.258. The molecule has 0 aliphatic heterocycles. The Bertz CT molecular complexity index is 67.4. The zero-order chi connectivity index (χ0) is 8.78. The summed E-state index contributed by atoms with van der Waals surface area (Å²) in [5.74, 6) is 0. The minimum absolute atomic E-state index is 0.167. The van der Waals surface area contributed by atoms with Crippen LogP contribution in [0.5, 0.6) is 0 Å². The van der Waals surface area contributed by atoms with Crippen LogP contribution in [0.25, 0.3) is 0 Å². The van der Waals surface area contributed by atoms with Gasteiger partial charge in [0, 0.05) is 0 Å². The first-order chi connectivity index (χ1) is 4.27. The Balaban J connectivity index is 0. The van der Waals surface area contributed by atoms with Gasteiger partial charge >= 0.3 is 7.25 Å². The maximum absolute atomic E-state index is 9.75. The maximum atomic E-state index is 9.75.